The molecule has 0 aromatic heterocycles. The zero-order chi connectivity index (χ0) is 18.2. The fraction of sp³-hybridized carbons (Fsp3) is 0.286. The first-order valence-electron chi connectivity index (χ1n) is 8.40. The average molecular weight is 385 g/mol. The minimum Gasteiger partial charge on any atom is -0.481 e. The molecule has 2 aromatic carbocycles. The molecule has 0 saturated carbocycles. The lowest BCUT2D eigenvalue weighted by Crippen LogP contribution is -2.04. The number of para-hydroxylation sites is 1. The summed E-state index contributed by atoms with van der Waals surface area (Å²) in [6.45, 7) is 0.331. The van der Waals surface area contributed by atoms with E-state index in [1.165, 1.54) is 30.6 Å². The van der Waals surface area contributed by atoms with Crippen molar-refractivity contribution in [3.05, 3.63) is 65.2 Å². The van der Waals surface area contributed by atoms with Crippen LogP contribution in [0.2, 0.25) is 0 Å². The lowest BCUT2D eigenvalue weighted by Gasteiger charge is -2.23. The fourth-order valence-corrected chi connectivity index (χ4v) is 5.48. The number of ether oxygens (including phenoxy) is 2. The minimum absolute atomic E-state index is 0.331. The maximum Gasteiger partial charge on any atom is 0.337 e. The normalized spacial score (nSPS) is 14.2. The van der Waals surface area contributed by atoms with Crippen molar-refractivity contribution in [1.29, 1.82) is 0 Å². The Bertz CT molecular complexity index is 800. The Labute approximate surface area is 162 Å². The van der Waals surface area contributed by atoms with Crippen molar-refractivity contribution in [2.45, 2.75) is 11.0 Å². The molecule has 0 aliphatic carbocycles. The molecule has 2 aromatic rings. The highest BCUT2D eigenvalue weighted by molar-refractivity contribution is 8.16. The predicted octanol–water partition coefficient (Wildman–Crippen LogP) is 4.77. The smallest absolute Gasteiger partial charge is 0.337 e. The van der Waals surface area contributed by atoms with E-state index in [0.29, 0.717) is 16.8 Å². The van der Waals surface area contributed by atoms with Gasteiger partial charge in [0, 0.05) is 11.1 Å². The third-order valence-electron chi connectivity index (χ3n) is 3.84. The van der Waals surface area contributed by atoms with Crippen LogP contribution in [0.5, 0.6) is 5.75 Å². The summed E-state index contributed by atoms with van der Waals surface area (Å²) in [6.07, 6.45) is 1.27. The lowest BCUT2D eigenvalue weighted by molar-refractivity contribution is 0.0600. The van der Waals surface area contributed by atoms with Crippen molar-refractivity contribution >= 4 is 29.5 Å². The molecule has 0 N–H and O–H groups in total. The second-order valence-corrected chi connectivity index (χ2v) is 8.35. The Hall–Kier alpha value is -2.03. The highest BCUT2D eigenvalue weighted by Crippen LogP contribution is 2.46. The van der Waals surface area contributed by atoms with Crippen LogP contribution in [0.25, 0.3) is 0 Å². The van der Waals surface area contributed by atoms with E-state index in [1.807, 2.05) is 47.8 Å². The molecule has 1 saturated heterocycles. The second-order valence-electron chi connectivity index (χ2n) is 5.62. The van der Waals surface area contributed by atoms with Crippen LogP contribution in [0.4, 0.5) is 0 Å². The molecular weight excluding hydrogens is 364 g/mol. The summed E-state index contributed by atoms with van der Waals surface area (Å²) in [7, 11) is 1.37. The third kappa shape index (κ3) is 5.00. The Balaban J connectivity index is 1.60. The van der Waals surface area contributed by atoms with Gasteiger partial charge < -0.3 is 9.47 Å². The molecule has 3 rings (SSSR count). The Morgan fingerprint density at radius 2 is 1.85 bits per heavy atom. The average Bonchev–Trinajstić information content (AvgIpc) is 2.72. The zero-order valence-corrected chi connectivity index (χ0v) is 16.2. The van der Waals surface area contributed by atoms with Crippen molar-refractivity contribution in [1.82, 2.24) is 0 Å². The fourth-order valence-electron chi connectivity index (χ4n) is 2.53. The molecule has 26 heavy (non-hydrogen) atoms. The maximum absolute atomic E-state index is 11.4. The summed E-state index contributed by atoms with van der Waals surface area (Å²) >= 11 is 3.96. The summed E-state index contributed by atoms with van der Waals surface area (Å²) in [6, 6.07) is 15.3. The molecule has 1 aliphatic rings. The van der Waals surface area contributed by atoms with Crippen molar-refractivity contribution < 1.29 is 14.3 Å². The molecule has 134 valence electrons. The number of hydrogen-bond acceptors (Lipinski definition) is 5. The number of carbonyl (C=O) groups is 1. The number of benzene rings is 2. The molecule has 5 heteroatoms. The Morgan fingerprint density at radius 3 is 2.58 bits per heavy atom. The zero-order valence-electron chi connectivity index (χ0n) is 14.6. The number of methoxy groups -OCH3 is 1. The molecule has 0 spiro atoms. The first-order chi connectivity index (χ1) is 12.8. The van der Waals surface area contributed by atoms with Crippen molar-refractivity contribution in [3.8, 4) is 17.6 Å². The van der Waals surface area contributed by atoms with Crippen LogP contribution in [0.15, 0.2) is 48.5 Å². The van der Waals surface area contributed by atoms with Crippen LogP contribution in [0, 0.1) is 11.8 Å². The number of hydrogen-bond donors (Lipinski definition) is 0. The van der Waals surface area contributed by atoms with Crippen LogP contribution in [0.1, 0.15) is 32.5 Å². The highest BCUT2D eigenvalue weighted by Gasteiger charge is 2.19. The SMILES string of the molecule is COC(=O)c1ccc(C#CCOc2ccccc2C2SCCCS2)cc1. The number of rotatable bonds is 4. The molecule has 0 unspecified atom stereocenters. The summed E-state index contributed by atoms with van der Waals surface area (Å²) < 4.78 is 11.0. The van der Waals surface area contributed by atoms with Gasteiger partial charge in [0.05, 0.1) is 17.3 Å². The summed E-state index contributed by atoms with van der Waals surface area (Å²) in [5.74, 6) is 9.07. The van der Waals surface area contributed by atoms with Gasteiger partial charge in [-0.15, -0.1) is 23.5 Å². The van der Waals surface area contributed by atoms with Gasteiger partial charge in [0.1, 0.15) is 12.4 Å². The van der Waals surface area contributed by atoms with Gasteiger partial charge in [0.25, 0.3) is 0 Å². The van der Waals surface area contributed by atoms with E-state index >= 15 is 0 Å². The molecule has 0 bridgehead atoms. The molecule has 1 fully saturated rings. The standard InChI is InChI=1S/C21H20O3S2/c1-23-20(22)17-11-9-16(10-12-17)6-4-13-24-19-8-3-2-7-18(19)21-25-14-5-15-26-21/h2-3,7-12,21H,5,13-15H2,1H3. The number of esters is 1. The molecule has 1 heterocycles. The molecule has 0 atom stereocenters. The molecular formula is C21H20O3S2. The third-order valence-corrected chi connectivity index (χ3v) is 6.82. The van der Waals surface area contributed by atoms with E-state index in [4.69, 9.17) is 4.74 Å². The van der Waals surface area contributed by atoms with E-state index in [-0.39, 0.29) is 5.97 Å². The second kappa shape index (κ2) is 9.61. The largest absolute Gasteiger partial charge is 0.481 e. The van der Waals surface area contributed by atoms with Gasteiger partial charge in [-0.25, -0.2) is 4.79 Å². The van der Waals surface area contributed by atoms with E-state index in [2.05, 4.69) is 28.7 Å². The predicted molar refractivity (Wildman–Crippen MR) is 109 cm³/mol. The summed E-state index contributed by atoms with van der Waals surface area (Å²) in [5.41, 5.74) is 2.60. The number of carbonyl (C=O) groups excluding carboxylic acids is 1. The topological polar surface area (TPSA) is 35.5 Å². The monoisotopic (exact) mass is 384 g/mol. The van der Waals surface area contributed by atoms with E-state index in [1.54, 1.807) is 12.1 Å². The lowest BCUT2D eigenvalue weighted by atomic mass is 10.1. The Morgan fingerprint density at radius 1 is 1.12 bits per heavy atom. The first-order valence-corrected chi connectivity index (χ1v) is 10.5. The summed E-state index contributed by atoms with van der Waals surface area (Å²) in [5, 5.41) is 0. The summed E-state index contributed by atoms with van der Waals surface area (Å²) in [4.78, 5) is 11.4. The van der Waals surface area contributed by atoms with E-state index in [9.17, 15) is 4.79 Å². The van der Waals surface area contributed by atoms with Crippen molar-refractivity contribution in [3.63, 3.8) is 0 Å². The van der Waals surface area contributed by atoms with Gasteiger partial charge >= 0.3 is 5.97 Å². The molecule has 1 aliphatic heterocycles. The van der Waals surface area contributed by atoms with Gasteiger partial charge in [0.15, 0.2) is 0 Å². The molecule has 0 radical (unpaired) electrons. The van der Waals surface area contributed by atoms with Crippen LogP contribution < -0.4 is 4.74 Å². The molecule has 3 nitrogen and oxygen atoms in total. The van der Waals surface area contributed by atoms with Gasteiger partial charge in [0.2, 0.25) is 0 Å². The number of thioether (sulfide) groups is 2. The van der Waals surface area contributed by atoms with Crippen LogP contribution in [-0.4, -0.2) is 31.2 Å². The van der Waals surface area contributed by atoms with Gasteiger partial charge in [-0.05, 0) is 48.3 Å². The van der Waals surface area contributed by atoms with Gasteiger partial charge in [-0.2, -0.15) is 0 Å². The Kier molecular flexibility index (Phi) is 6.93. The minimum atomic E-state index is -0.345. The van der Waals surface area contributed by atoms with Crippen molar-refractivity contribution in [2.75, 3.05) is 25.2 Å². The highest BCUT2D eigenvalue weighted by atomic mass is 32.2. The van der Waals surface area contributed by atoms with E-state index < -0.39 is 0 Å². The van der Waals surface area contributed by atoms with Gasteiger partial charge in [-0.3, -0.25) is 0 Å². The van der Waals surface area contributed by atoms with Crippen LogP contribution >= 0.6 is 23.5 Å². The maximum atomic E-state index is 11.4. The van der Waals surface area contributed by atoms with E-state index in [0.717, 1.165) is 11.3 Å². The van der Waals surface area contributed by atoms with Gasteiger partial charge in [-0.1, -0.05) is 30.0 Å². The first kappa shape index (κ1) is 18.8. The molecule has 0 amide bonds. The quantitative estimate of drug-likeness (QED) is 0.560. The van der Waals surface area contributed by atoms with Crippen LogP contribution in [0.3, 0.4) is 0 Å². The van der Waals surface area contributed by atoms with Crippen molar-refractivity contribution in [2.24, 2.45) is 0 Å². The van der Waals surface area contributed by atoms with Crippen LogP contribution in [-0.2, 0) is 4.74 Å².